The molecule has 0 fully saturated rings. The highest BCUT2D eigenvalue weighted by Crippen LogP contribution is 2.43. The first-order valence-electron chi connectivity index (χ1n) is 15.5. The first kappa shape index (κ1) is 29.1. The molecular formula is C43H30N4. The Labute approximate surface area is 274 Å². The van der Waals surface area contributed by atoms with E-state index in [4.69, 9.17) is 0 Å². The first-order valence-corrected chi connectivity index (χ1v) is 15.5. The van der Waals surface area contributed by atoms with Gasteiger partial charge in [0, 0.05) is 39.4 Å². The van der Waals surface area contributed by atoms with E-state index in [9.17, 15) is 10.5 Å². The van der Waals surface area contributed by atoms with Gasteiger partial charge in [0.25, 0.3) is 0 Å². The number of allylic oxidation sites excluding steroid dienone is 1. The van der Waals surface area contributed by atoms with Crippen molar-refractivity contribution in [3.63, 3.8) is 0 Å². The van der Waals surface area contributed by atoms with Crippen LogP contribution >= 0.6 is 0 Å². The monoisotopic (exact) mass is 602 g/mol. The molecule has 4 heteroatoms. The van der Waals surface area contributed by atoms with Crippen LogP contribution in [-0.4, -0.2) is 0 Å². The number of hydrogen-bond acceptors (Lipinski definition) is 4. The lowest BCUT2D eigenvalue weighted by Crippen LogP contribution is -2.17. The standard InChI is InChI=1S/C43H30N4/c1-3-40(46(34-10-6-4-7-11-34)36-21-15-31(28-44)16-22-36)38-26-19-33-20-27-41(39-25-14-30(2)42(38)43(33)39)47(35-12-8-5-9-13-35)37-23-17-32(29-45)18-24-37/h3-27H,2H2,1H3/b40-3+. The van der Waals surface area contributed by atoms with Crippen LogP contribution in [-0.2, 0) is 0 Å². The molecule has 0 aliphatic heterocycles. The van der Waals surface area contributed by atoms with Crippen molar-refractivity contribution in [2.45, 2.75) is 6.92 Å². The number of para-hydroxylation sites is 2. The van der Waals surface area contributed by atoms with Crippen LogP contribution in [0.2, 0.25) is 0 Å². The van der Waals surface area contributed by atoms with Crippen LogP contribution < -0.4 is 15.0 Å². The zero-order chi connectivity index (χ0) is 32.3. The number of rotatable bonds is 7. The third kappa shape index (κ3) is 5.25. The minimum absolute atomic E-state index is 0.616. The maximum atomic E-state index is 9.47. The second kappa shape index (κ2) is 12.4. The van der Waals surface area contributed by atoms with Crippen molar-refractivity contribution >= 4 is 62.3 Å². The lowest BCUT2D eigenvalue weighted by Gasteiger charge is -2.30. The molecule has 7 aromatic carbocycles. The highest BCUT2D eigenvalue weighted by Gasteiger charge is 2.22. The van der Waals surface area contributed by atoms with Gasteiger partial charge in [-0.25, -0.2) is 0 Å². The molecule has 0 N–H and O–H groups in total. The van der Waals surface area contributed by atoms with Crippen LogP contribution in [0.15, 0.2) is 152 Å². The third-order valence-electron chi connectivity index (χ3n) is 8.55. The van der Waals surface area contributed by atoms with Gasteiger partial charge in [0.05, 0.1) is 29.0 Å². The minimum Gasteiger partial charge on any atom is -0.310 e. The van der Waals surface area contributed by atoms with Crippen molar-refractivity contribution in [1.82, 2.24) is 0 Å². The molecule has 222 valence electrons. The smallest absolute Gasteiger partial charge is 0.0991 e. The van der Waals surface area contributed by atoms with Crippen molar-refractivity contribution in [3.8, 4) is 12.1 Å². The molecule has 0 amide bonds. The first-order chi connectivity index (χ1) is 23.1. The van der Waals surface area contributed by atoms with E-state index in [0.29, 0.717) is 11.1 Å². The molecule has 0 aromatic heterocycles. The van der Waals surface area contributed by atoms with Crippen molar-refractivity contribution in [3.05, 3.63) is 174 Å². The molecule has 0 unspecified atom stereocenters. The molecule has 0 heterocycles. The summed E-state index contributed by atoms with van der Waals surface area (Å²) in [5.41, 5.74) is 8.30. The Morgan fingerprint density at radius 1 is 0.574 bits per heavy atom. The molecule has 0 aliphatic carbocycles. The lowest BCUT2D eigenvalue weighted by atomic mass is 9.92. The normalized spacial score (nSPS) is 11.3. The number of anilines is 5. The predicted octanol–water partition coefficient (Wildman–Crippen LogP) is 10.5. The molecule has 0 radical (unpaired) electrons. The quantitative estimate of drug-likeness (QED) is 0.182. The number of nitriles is 2. The SMILES string of the molecule is C=c1ccc2c(N(c3ccccc3)c3ccc(C#N)cc3)ccc3ccc(/C(=C\C)N(c4ccccc4)c4ccc(C#N)cc4)c1c32. The average molecular weight is 603 g/mol. The lowest BCUT2D eigenvalue weighted by molar-refractivity contribution is 1.28. The van der Waals surface area contributed by atoms with E-state index in [1.807, 2.05) is 84.9 Å². The molecule has 7 aromatic rings. The van der Waals surface area contributed by atoms with Crippen molar-refractivity contribution < 1.29 is 0 Å². The van der Waals surface area contributed by atoms with Gasteiger partial charge >= 0.3 is 0 Å². The van der Waals surface area contributed by atoms with Gasteiger partial charge in [-0.3, -0.25) is 0 Å². The van der Waals surface area contributed by atoms with Gasteiger partial charge in [-0.1, -0.05) is 79.4 Å². The molecule has 4 nitrogen and oxygen atoms in total. The predicted molar refractivity (Wildman–Crippen MR) is 195 cm³/mol. The molecular weight excluding hydrogens is 573 g/mol. The minimum atomic E-state index is 0.616. The second-order valence-electron chi connectivity index (χ2n) is 11.3. The zero-order valence-electron chi connectivity index (χ0n) is 25.9. The summed E-state index contributed by atoms with van der Waals surface area (Å²) in [6.07, 6.45) is 2.14. The number of hydrogen-bond donors (Lipinski definition) is 0. The van der Waals surface area contributed by atoms with Gasteiger partial charge in [-0.15, -0.1) is 0 Å². The van der Waals surface area contributed by atoms with Crippen molar-refractivity contribution in [2.75, 3.05) is 9.80 Å². The fraction of sp³-hybridized carbons (Fsp3) is 0.0233. The Balaban J connectivity index is 1.48. The Hall–Kier alpha value is -6.62. The van der Waals surface area contributed by atoms with Gasteiger partial charge in [-0.2, -0.15) is 10.5 Å². The molecule has 0 spiro atoms. The Morgan fingerprint density at radius 2 is 1.11 bits per heavy atom. The van der Waals surface area contributed by atoms with Crippen LogP contribution in [0, 0.1) is 22.7 Å². The molecule has 0 saturated carbocycles. The van der Waals surface area contributed by atoms with E-state index in [2.05, 4.69) is 102 Å². The molecule has 47 heavy (non-hydrogen) atoms. The fourth-order valence-electron chi connectivity index (χ4n) is 6.40. The van der Waals surface area contributed by atoms with Crippen molar-refractivity contribution in [2.24, 2.45) is 0 Å². The van der Waals surface area contributed by atoms with Crippen LogP contribution in [0.25, 0.3) is 33.8 Å². The average Bonchev–Trinajstić information content (AvgIpc) is 3.14. The third-order valence-corrected chi connectivity index (χ3v) is 8.55. The maximum absolute atomic E-state index is 9.47. The van der Waals surface area contributed by atoms with E-state index < -0.39 is 0 Å². The largest absolute Gasteiger partial charge is 0.310 e. The summed E-state index contributed by atoms with van der Waals surface area (Å²) < 4.78 is 0. The molecule has 0 saturated heterocycles. The summed E-state index contributed by atoms with van der Waals surface area (Å²) in [5, 5.41) is 24.3. The highest BCUT2D eigenvalue weighted by atomic mass is 15.2. The Kier molecular flexibility index (Phi) is 7.68. The molecule has 0 bridgehead atoms. The van der Waals surface area contributed by atoms with E-state index in [1.54, 1.807) is 0 Å². The summed E-state index contributed by atoms with van der Waals surface area (Å²) in [5.74, 6) is 0. The van der Waals surface area contributed by atoms with Crippen LogP contribution in [0.4, 0.5) is 28.4 Å². The molecule has 7 rings (SSSR count). The van der Waals surface area contributed by atoms with E-state index >= 15 is 0 Å². The second-order valence-corrected chi connectivity index (χ2v) is 11.3. The van der Waals surface area contributed by atoms with Crippen molar-refractivity contribution in [1.29, 1.82) is 10.5 Å². The van der Waals surface area contributed by atoms with Crippen LogP contribution in [0.3, 0.4) is 0 Å². The topological polar surface area (TPSA) is 54.1 Å². The van der Waals surface area contributed by atoms with E-state index in [0.717, 1.165) is 66.5 Å². The summed E-state index contributed by atoms with van der Waals surface area (Å²) >= 11 is 0. The van der Waals surface area contributed by atoms with Gasteiger partial charge in [0.2, 0.25) is 0 Å². The van der Waals surface area contributed by atoms with Crippen LogP contribution in [0.1, 0.15) is 23.6 Å². The van der Waals surface area contributed by atoms with Gasteiger partial charge < -0.3 is 9.80 Å². The van der Waals surface area contributed by atoms with Crippen LogP contribution in [0.5, 0.6) is 0 Å². The zero-order valence-corrected chi connectivity index (χ0v) is 25.9. The fourth-order valence-corrected chi connectivity index (χ4v) is 6.40. The Morgan fingerprint density at radius 3 is 1.70 bits per heavy atom. The Bertz CT molecular complexity index is 2380. The summed E-state index contributed by atoms with van der Waals surface area (Å²) in [6, 6.07) is 53.5. The van der Waals surface area contributed by atoms with E-state index in [-0.39, 0.29) is 0 Å². The molecule has 0 aliphatic rings. The maximum Gasteiger partial charge on any atom is 0.0991 e. The molecule has 0 atom stereocenters. The van der Waals surface area contributed by atoms with Gasteiger partial charge in [-0.05, 0) is 107 Å². The highest BCUT2D eigenvalue weighted by molar-refractivity contribution is 6.19. The summed E-state index contributed by atoms with van der Waals surface area (Å²) in [6.45, 7) is 6.60. The number of benzene rings is 7. The van der Waals surface area contributed by atoms with E-state index in [1.165, 1.54) is 0 Å². The summed E-state index contributed by atoms with van der Waals surface area (Å²) in [4.78, 5) is 4.48. The van der Waals surface area contributed by atoms with Gasteiger partial charge in [0.15, 0.2) is 0 Å². The van der Waals surface area contributed by atoms with Gasteiger partial charge in [0.1, 0.15) is 0 Å². The summed E-state index contributed by atoms with van der Waals surface area (Å²) in [7, 11) is 0. The number of nitrogens with zero attached hydrogens (tertiary/aromatic N) is 4.